The topological polar surface area (TPSA) is 73.4 Å². The molecule has 1 amide bonds. The molecule has 2 aromatic rings. The highest BCUT2D eigenvalue weighted by Crippen LogP contribution is 2.59. The first-order valence-electron chi connectivity index (χ1n) is 7.79. The number of H-pyrrole nitrogens is 1. The quantitative estimate of drug-likeness (QED) is 0.887. The summed E-state index contributed by atoms with van der Waals surface area (Å²) in [5, 5.41) is 10.7. The molecule has 0 bridgehead atoms. The van der Waals surface area contributed by atoms with E-state index in [0.29, 0.717) is 23.8 Å². The molecule has 2 N–H and O–H groups in total. The van der Waals surface area contributed by atoms with Crippen molar-refractivity contribution >= 4 is 34.4 Å². The Labute approximate surface area is 138 Å². The lowest BCUT2D eigenvalue weighted by atomic mass is 9.90. The first kappa shape index (κ1) is 14.6. The second-order valence-electron chi connectivity index (χ2n) is 6.66. The van der Waals surface area contributed by atoms with Crippen LogP contribution in [0.15, 0.2) is 24.3 Å². The lowest BCUT2D eigenvalue weighted by Gasteiger charge is -2.32. The Kier molecular flexibility index (Phi) is 3.17. The number of halogens is 1. The Balaban J connectivity index is 1.48. The maximum atomic E-state index is 12.6. The van der Waals surface area contributed by atoms with Crippen molar-refractivity contribution in [3.63, 3.8) is 0 Å². The molecule has 1 atom stereocenters. The van der Waals surface area contributed by atoms with Gasteiger partial charge in [0.1, 0.15) is 5.69 Å². The standard InChI is InChI=1S/C17H17ClN2O3/c18-11-2-1-10-7-14(19-13(10)8-11)15(21)20-5-3-17(4-6-20)9-12(17)16(22)23/h1-2,7-8,12,19H,3-6,9H2,(H,22,23). The highest BCUT2D eigenvalue weighted by atomic mass is 35.5. The number of nitrogens with one attached hydrogen (secondary N) is 1. The summed E-state index contributed by atoms with van der Waals surface area (Å²) in [5.41, 5.74) is 1.35. The molecule has 5 nitrogen and oxygen atoms in total. The molecular formula is C17H17ClN2O3. The molecule has 1 aliphatic carbocycles. The number of nitrogens with zero attached hydrogens (tertiary/aromatic N) is 1. The average Bonchev–Trinajstić information content (AvgIpc) is 3.06. The normalized spacial score (nSPS) is 22.5. The summed E-state index contributed by atoms with van der Waals surface area (Å²) < 4.78 is 0. The van der Waals surface area contributed by atoms with Crippen molar-refractivity contribution in [1.29, 1.82) is 0 Å². The number of piperidine rings is 1. The molecule has 120 valence electrons. The molecule has 1 aliphatic heterocycles. The fourth-order valence-electron chi connectivity index (χ4n) is 3.79. The Bertz CT molecular complexity index is 805. The van der Waals surface area contributed by atoms with Crippen molar-refractivity contribution in [2.45, 2.75) is 19.3 Å². The number of rotatable bonds is 2. The number of hydrogen-bond donors (Lipinski definition) is 2. The SMILES string of the molecule is O=C(O)C1CC12CCN(C(=O)c1cc3ccc(Cl)cc3[nH]1)CC2. The summed E-state index contributed by atoms with van der Waals surface area (Å²) in [6.07, 6.45) is 2.32. The zero-order valence-electron chi connectivity index (χ0n) is 12.5. The number of carboxylic acids is 1. The molecule has 1 aromatic heterocycles. The van der Waals surface area contributed by atoms with Crippen LogP contribution in [0.1, 0.15) is 29.8 Å². The second kappa shape index (κ2) is 4.99. The number of carbonyl (C=O) groups is 2. The maximum Gasteiger partial charge on any atom is 0.307 e. The van der Waals surface area contributed by atoms with Crippen molar-refractivity contribution in [3.8, 4) is 0 Å². The van der Waals surface area contributed by atoms with Crippen LogP contribution in [0, 0.1) is 11.3 Å². The summed E-state index contributed by atoms with van der Waals surface area (Å²) in [7, 11) is 0. The summed E-state index contributed by atoms with van der Waals surface area (Å²) in [4.78, 5) is 28.7. The van der Waals surface area contributed by atoms with E-state index in [1.54, 1.807) is 12.1 Å². The van der Waals surface area contributed by atoms with E-state index < -0.39 is 5.97 Å². The highest BCUT2D eigenvalue weighted by molar-refractivity contribution is 6.31. The molecule has 2 heterocycles. The summed E-state index contributed by atoms with van der Waals surface area (Å²) in [5.74, 6) is -0.938. The molecule has 1 saturated carbocycles. The molecule has 1 spiro atoms. The Morgan fingerprint density at radius 3 is 2.65 bits per heavy atom. The monoisotopic (exact) mass is 332 g/mol. The van der Waals surface area contributed by atoms with Gasteiger partial charge in [-0.2, -0.15) is 0 Å². The predicted molar refractivity (Wildman–Crippen MR) is 86.6 cm³/mol. The van der Waals surface area contributed by atoms with Gasteiger partial charge in [0.15, 0.2) is 0 Å². The van der Waals surface area contributed by atoms with Crippen LogP contribution in [0.2, 0.25) is 5.02 Å². The maximum absolute atomic E-state index is 12.6. The number of hydrogen-bond acceptors (Lipinski definition) is 2. The van der Waals surface area contributed by atoms with E-state index in [1.165, 1.54) is 0 Å². The fourth-order valence-corrected chi connectivity index (χ4v) is 3.96. The molecule has 0 radical (unpaired) electrons. The van der Waals surface area contributed by atoms with E-state index in [0.717, 1.165) is 30.2 Å². The Morgan fingerprint density at radius 2 is 2.00 bits per heavy atom. The molecule has 1 aromatic carbocycles. The lowest BCUT2D eigenvalue weighted by molar-refractivity contribution is -0.139. The van der Waals surface area contributed by atoms with Gasteiger partial charge in [0, 0.05) is 29.0 Å². The van der Waals surface area contributed by atoms with Gasteiger partial charge in [-0.15, -0.1) is 0 Å². The van der Waals surface area contributed by atoms with Gasteiger partial charge in [-0.25, -0.2) is 0 Å². The van der Waals surface area contributed by atoms with Gasteiger partial charge in [-0.05, 0) is 42.9 Å². The Morgan fingerprint density at radius 1 is 1.26 bits per heavy atom. The van der Waals surface area contributed by atoms with Crippen molar-refractivity contribution in [3.05, 3.63) is 35.0 Å². The van der Waals surface area contributed by atoms with Crippen LogP contribution in [0.3, 0.4) is 0 Å². The molecule has 1 unspecified atom stereocenters. The molecular weight excluding hydrogens is 316 g/mol. The predicted octanol–water partition coefficient (Wildman–Crippen LogP) is 3.15. The van der Waals surface area contributed by atoms with Crippen molar-refractivity contribution in [2.24, 2.45) is 11.3 Å². The summed E-state index contributed by atoms with van der Waals surface area (Å²) in [6.45, 7) is 1.25. The van der Waals surface area contributed by atoms with Crippen LogP contribution in [-0.4, -0.2) is 40.0 Å². The van der Waals surface area contributed by atoms with Crippen LogP contribution in [0.4, 0.5) is 0 Å². The van der Waals surface area contributed by atoms with Gasteiger partial charge in [0.25, 0.3) is 5.91 Å². The van der Waals surface area contributed by atoms with Gasteiger partial charge in [0.2, 0.25) is 0 Å². The summed E-state index contributed by atoms with van der Waals surface area (Å²) >= 11 is 5.97. The van der Waals surface area contributed by atoms with Gasteiger partial charge >= 0.3 is 5.97 Å². The van der Waals surface area contributed by atoms with Gasteiger partial charge < -0.3 is 15.0 Å². The van der Waals surface area contributed by atoms with Crippen molar-refractivity contribution < 1.29 is 14.7 Å². The highest BCUT2D eigenvalue weighted by Gasteiger charge is 2.59. The minimum absolute atomic E-state index is 0.0281. The number of aromatic nitrogens is 1. The van der Waals surface area contributed by atoms with E-state index in [1.807, 2.05) is 17.0 Å². The largest absolute Gasteiger partial charge is 0.481 e. The van der Waals surface area contributed by atoms with Crippen LogP contribution in [0.25, 0.3) is 10.9 Å². The van der Waals surface area contributed by atoms with Crippen LogP contribution >= 0.6 is 11.6 Å². The van der Waals surface area contributed by atoms with E-state index in [-0.39, 0.29) is 17.2 Å². The third-order valence-electron chi connectivity index (χ3n) is 5.35. The van der Waals surface area contributed by atoms with Crippen LogP contribution < -0.4 is 0 Å². The molecule has 2 aliphatic rings. The van der Waals surface area contributed by atoms with Gasteiger partial charge in [0.05, 0.1) is 5.92 Å². The van der Waals surface area contributed by atoms with E-state index in [9.17, 15) is 9.59 Å². The third-order valence-corrected chi connectivity index (χ3v) is 5.58. The van der Waals surface area contributed by atoms with E-state index >= 15 is 0 Å². The van der Waals surface area contributed by atoms with E-state index in [2.05, 4.69) is 4.98 Å². The minimum atomic E-state index is -0.697. The van der Waals surface area contributed by atoms with E-state index in [4.69, 9.17) is 16.7 Å². The number of fused-ring (bicyclic) bond motifs is 1. The molecule has 4 rings (SSSR count). The first-order chi connectivity index (χ1) is 11.0. The van der Waals surface area contributed by atoms with Crippen LogP contribution in [-0.2, 0) is 4.79 Å². The molecule has 1 saturated heterocycles. The van der Waals surface area contributed by atoms with Crippen LogP contribution in [0.5, 0.6) is 0 Å². The number of carboxylic acid groups (broad SMARTS) is 1. The zero-order chi connectivity index (χ0) is 16.2. The second-order valence-corrected chi connectivity index (χ2v) is 7.10. The van der Waals surface area contributed by atoms with Gasteiger partial charge in [-0.3, -0.25) is 9.59 Å². The number of aromatic amines is 1. The summed E-state index contributed by atoms with van der Waals surface area (Å²) in [6, 6.07) is 7.34. The minimum Gasteiger partial charge on any atom is -0.481 e. The van der Waals surface area contributed by atoms with Gasteiger partial charge in [-0.1, -0.05) is 17.7 Å². The fraction of sp³-hybridized carbons (Fsp3) is 0.412. The number of benzene rings is 1. The molecule has 6 heteroatoms. The average molecular weight is 333 g/mol. The number of likely N-dealkylation sites (tertiary alicyclic amines) is 1. The van der Waals surface area contributed by atoms with Crippen molar-refractivity contribution in [2.75, 3.05) is 13.1 Å². The third kappa shape index (κ3) is 2.39. The van der Waals surface area contributed by atoms with Crippen molar-refractivity contribution in [1.82, 2.24) is 9.88 Å². The molecule has 23 heavy (non-hydrogen) atoms. The number of aliphatic carboxylic acids is 1. The lowest BCUT2D eigenvalue weighted by Crippen LogP contribution is -2.40. The zero-order valence-corrected chi connectivity index (χ0v) is 13.3. The molecule has 2 fully saturated rings. The number of carbonyl (C=O) groups excluding carboxylic acids is 1. The smallest absolute Gasteiger partial charge is 0.307 e. The first-order valence-corrected chi connectivity index (χ1v) is 8.17. The Hall–Kier alpha value is -2.01. The number of amides is 1.